The van der Waals surface area contributed by atoms with E-state index in [2.05, 4.69) is 6.92 Å². The molecule has 1 saturated heterocycles. The maximum atomic E-state index is 11.2. The molecule has 1 rings (SSSR count). The number of hydrogen-bond donors (Lipinski definition) is 5. The molecule has 8 heteroatoms. The van der Waals surface area contributed by atoms with E-state index in [0.717, 1.165) is 19.3 Å². The molecule has 1 unspecified atom stereocenters. The molecule has 5 N–H and O–H groups in total. The maximum Gasteiger partial charge on any atom is 0.308 e. The number of aliphatic hydroxyl groups excluding tert-OH is 4. The summed E-state index contributed by atoms with van der Waals surface area (Å²) in [5.74, 6) is -3.26. The number of aliphatic hydroxyl groups is 4. The van der Waals surface area contributed by atoms with Crippen molar-refractivity contribution >= 4 is 5.97 Å². The van der Waals surface area contributed by atoms with Gasteiger partial charge in [0.25, 0.3) is 0 Å². The second-order valence-corrected chi connectivity index (χ2v) is 7.68. The molecule has 1 fully saturated rings. The van der Waals surface area contributed by atoms with Gasteiger partial charge in [-0.3, -0.25) is 4.79 Å². The van der Waals surface area contributed by atoms with Crippen molar-refractivity contribution in [2.45, 2.75) is 108 Å². The summed E-state index contributed by atoms with van der Waals surface area (Å²) in [5.41, 5.74) is 0. The molecule has 0 aromatic rings. The first kappa shape index (κ1) is 25.3. The first-order chi connectivity index (χ1) is 13.4. The van der Waals surface area contributed by atoms with E-state index in [1.54, 1.807) is 0 Å². The molecule has 0 aromatic carbocycles. The van der Waals surface area contributed by atoms with Crippen LogP contribution in [0.1, 0.15) is 77.6 Å². The Kier molecular flexibility index (Phi) is 12.1. The van der Waals surface area contributed by atoms with E-state index >= 15 is 0 Å². The van der Waals surface area contributed by atoms with Gasteiger partial charge in [0.05, 0.1) is 13.2 Å². The molecule has 0 bridgehead atoms. The molecule has 1 aliphatic heterocycles. The van der Waals surface area contributed by atoms with E-state index in [9.17, 15) is 25.2 Å². The molecule has 1 heterocycles. The van der Waals surface area contributed by atoms with Crippen LogP contribution in [-0.4, -0.2) is 74.9 Å². The predicted molar refractivity (Wildman–Crippen MR) is 103 cm³/mol. The molecule has 1 aliphatic rings. The standard InChI is InChI=1S/C20H38O8/c1-2-3-4-5-6-7-8-9-10-11-12-27-20(13-16(22)23)19(26)18(25)17(24)15(14-21)28-20/h15,17-19,21,24-26H,2-14H2,1H3,(H,22,23)/t15-,17-,18+,19-,20?/m1/s1. The van der Waals surface area contributed by atoms with Gasteiger partial charge in [-0.15, -0.1) is 0 Å². The third-order valence-corrected chi connectivity index (χ3v) is 5.28. The van der Waals surface area contributed by atoms with Crippen LogP contribution in [0.2, 0.25) is 0 Å². The van der Waals surface area contributed by atoms with Crippen LogP contribution in [0.25, 0.3) is 0 Å². The van der Waals surface area contributed by atoms with E-state index in [4.69, 9.17) is 14.6 Å². The first-order valence-corrected chi connectivity index (χ1v) is 10.6. The van der Waals surface area contributed by atoms with E-state index in [-0.39, 0.29) is 6.61 Å². The van der Waals surface area contributed by atoms with Crippen molar-refractivity contribution in [1.82, 2.24) is 0 Å². The lowest BCUT2D eigenvalue weighted by Gasteiger charge is -2.47. The largest absolute Gasteiger partial charge is 0.481 e. The van der Waals surface area contributed by atoms with Crippen LogP contribution in [0.5, 0.6) is 0 Å². The highest BCUT2D eigenvalue weighted by Gasteiger charge is 2.55. The highest BCUT2D eigenvalue weighted by molar-refractivity contribution is 5.68. The minimum atomic E-state index is -1.99. The average Bonchev–Trinajstić information content (AvgIpc) is 2.66. The Labute approximate surface area is 167 Å². The minimum Gasteiger partial charge on any atom is -0.481 e. The number of carboxylic acid groups (broad SMARTS) is 1. The van der Waals surface area contributed by atoms with Gasteiger partial charge in [-0.25, -0.2) is 0 Å². The van der Waals surface area contributed by atoms with Gasteiger partial charge < -0.3 is 35.0 Å². The molecule has 5 atom stereocenters. The van der Waals surface area contributed by atoms with Crippen LogP contribution in [-0.2, 0) is 14.3 Å². The zero-order valence-electron chi connectivity index (χ0n) is 17.0. The van der Waals surface area contributed by atoms with Crippen LogP contribution in [0.15, 0.2) is 0 Å². The Morgan fingerprint density at radius 1 is 0.929 bits per heavy atom. The number of carbonyl (C=O) groups is 1. The number of carboxylic acids is 1. The summed E-state index contributed by atoms with van der Waals surface area (Å²) < 4.78 is 11.0. The van der Waals surface area contributed by atoms with Gasteiger partial charge in [-0.2, -0.15) is 0 Å². The number of unbranched alkanes of at least 4 members (excludes halogenated alkanes) is 9. The Morgan fingerprint density at radius 2 is 1.46 bits per heavy atom. The Balaban J connectivity index is 2.39. The van der Waals surface area contributed by atoms with Gasteiger partial charge >= 0.3 is 5.97 Å². The lowest BCUT2D eigenvalue weighted by molar-refractivity contribution is -0.364. The van der Waals surface area contributed by atoms with Crippen molar-refractivity contribution in [2.24, 2.45) is 0 Å². The summed E-state index contributed by atoms with van der Waals surface area (Å²) in [5, 5.41) is 48.6. The van der Waals surface area contributed by atoms with Crippen LogP contribution in [0, 0.1) is 0 Å². The fourth-order valence-electron chi connectivity index (χ4n) is 3.57. The van der Waals surface area contributed by atoms with Crippen molar-refractivity contribution in [3.63, 3.8) is 0 Å². The number of rotatable bonds is 15. The molecule has 0 saturated carbocycles. The summed E-state index contributed by atoms with van der Waals surface area (Å²) in [6, 6.07) is 0. The molecule has 8 nitrogen and oxygen atoms in total. The van der Waals surface area contributed by atoms with E-state index < -0.39 is 49.2 Å². The van der Waals surface area contributed by atoms with Gasteiger partial charge in [0.1, 0.15) is 30.8 Å². The van der Waals surface area contributed by atoms with Gasteiger partial charge in [0.15, 0.2) is 0 Å². The molecule has 0 aromatic heterocycles. The van der Waals surface area contributed by atoms with Crippen LogP contribution in [0.4, 0.5) is 0 Å². The highest BCUT2D eigenvalue weighted by Crippen LogP contribution is 2.34. The van der Waals surface area contributed by atoms with Crippen molar-refractivity contribution in [1.29, 1.82) is 0 Å². The van der Waals surface area contributed by atoms with Gasteiger partial charge in [-0.1, -0.05) is 64.7 Å². The van der Waals surface area contributed by atoms with Crippen molar-refractivity contribution in [3.05, 3.63) is 0 Å². The lowest BCUT2D eigenvalue weighted by Crippen LogP contribution is -2.66. The second kappa shape index (κ2) is 13.5. The number of ether oxygens (including phenoxy) is 2. The summed E-state index contributed by atoms with van der Waals surface area (Å²) in [7, 11) is 0. The molecule has 166 valence electrons. The van der Waals surface area contributed by atoms with Crippen LogP contribution in [0.3, 0.4) is 0 Å². The molecular weight excluding hydrogens is 368 g/mol. The third kappa shape index (κ3) is 7.93. The fourth-order valence-corrected chi connectivity index (χ4v) is 3.57. The summed E-state index contributed by atoms with van der Waals surface area (Å²) in [4.78, 5) is 11.2. The molecule has 0 radical (unpaired) electrons. The summed E-state index contributed by atoms with van der Waals surface area (Å²) >= 11 is 0. The lowest BCUT2D eigenvalue weighted by atomic mass is 9.90. The zero-order chi connectivity index (χ0) is 21.0. The predicted octanol–water partition coefficient (Wildman–Crippen LogP) is 1.57. The Bertz CT molecular complexity index is 430. The van der Waals surface area contributed by atoms with E-state index in [1.165, 1.54) is 38.5 Å². The Morgan fingerprint density at radius 3 is 1.96 bits per heavy atom. The maximum absolute atomic E-state index is 11.2. The molecule has 28 heavy (non-hydrogen) atoms. The average molecular weight is 407 g/mol. The van der Waals surface area contributed by atoms with E-state index in [0.29, 0.717) is 6.42 Å². The first-order valence-electron chi connectivity index (χ1n) is 10.6. The zero-order valence-corrected chi connectivity index (χ0v) is 17.0. The Hall–Kier alpha value is -0.770. The summed E-state index contributed by atoms with van der Waals surface area (Å²) in [6.07, 6.45) is 4.48. The normalized spacial score (nSPS) is 30.5. The van der Waals surface area contributed by atoms with Gasteiger partial charge in [-0.05, 0) is 6.42 Å². The summed E-state index contributed by atoms with van der Waals surface area (Å²) in [6.45, 7) is 1.72. The number of hydrogen-bond acceptors (Lipinski definition) is 7. The molecule has 0 aliphatic carbocycles. The van der Waals surface area contributed by atoms with Crippen molar-refractivity contribution in [2.75, 3.05) is 13.2 Å². The topological polar surface area (TPSA) is 137 Å². The van der Waals surface area contributed by atoms with Crippen molar-refractivity contribution < 1.29 is 39.8 Å². The van der Waals surface area contributed by atoms with Crippen LogP contribution < -0.4 is 0 Å². The minimum absolute atomic E-state index is 0.155. The van der Waals surface area contributed by atoms with Gasteiger partial charge in [0.2, 0.25) is 5.79 Å². The highest BCUT2D eigenvalue weighted by atomic mass is 16.7. The molecule has 0 amide bonds. The molecular formula is C20H38O8. The van der Waals surface area contributed by atoms with Gasteiger partial charge in [0, 0.05) is 0 Å². The monoisotopic (exact) mass is 406 g/mol. The smallest absolute Gasteiger partial charge is 0.308 e. The third-order valence-electron chi connectivity index (χ3n) is 5.28. The number of aliphatic carboxylic acids is 1. The van der Waals surface area contributed by atoms with E-state index in [1.807, 2.05) is 0 Å². The van der Waals surface area contributed by atoms with Crippen molar-refractivity contribution in [3.8, 4) is 0 Å². The van der Waals surface area contributed by atoms with Crippen LogP contribution >= 0.6 is 0 Å². The molecule has 0 spiro atoms. The quantitative estimate of drug-likeness (QED) is 0.259. The SMILES string of the molecule is CCCCCCCCCCCCOC1(CC(=O)O)O[C@H](CO)[C@@H](O)[C@H](O)[C@H]1O. The fraction of sp³-hybridized carbons (Fsp3) is 0.950. The second-order valence-electron chi connectivity index (χ2n) is 7.68.